The predicted octanol–water partition coefficient (Wildman–Crippen LogP) is 4.13. The second-order valence-corrected chi connectivity index (χ2v) is 9.58. The fourth-order valence-electron chi connectivity index (χ4n) is 5.41. The van der Waals surface area contributed by atoms with E-state index in [9.17, 15) is 4.79 Å². The molecule has 1 fully saturated rings. The number of nitrogens with zero attached hydrogens (tertiary/aromatic N) is 3. The summed E-state index contributed by atoms with van der Waals surface area (Å²) in [7, 11) is 3.87. The van der Waals surface area contributed by atoms with Gasteiger partial charge < -0.3 is 14.0 Å². The van der Waals surface area contributed by atoms with Crippen LogP contribution in [0.1, 0.15) is 33.8 Å². The van der Waals surface area contributed by atoms with E-state index in [2.05, 4.69) is 61.8 Å². The molecule has 0 amide bonds. The Balaban J connectivity index is 1.39. The molecule has 0 bridgehead atoms. The number of halogens is 1. The van der Waals surface area contributed by atoms with Crippen molar-refractivity contribution in [2.24, 2.45) is 13.0 Å². The van der Waals surface area contributed by atoms with Crippen LogP contribution in [0.2, 0.25) is 0 Å². The van der Waals surface area contributed by atoms with E-state index in [1.54, 1.807) is 25.6 Å². The molecule has 1 aliphatic heterocycles. The van der Waals surface area contributed by atoms with E-state index in [1.807, 2.05) is 0 Å². The highest BCUT2D eigenvalue weighted by Gasteiger charge is 2.41. The van der Waals surface area contributed by atoms with Gasteiger partial charge in [-0.15, -0.1) is 0 Å². The van der Waals surface area contributed by atoms with Gasteiger partial charge in [0.15, 0.2) is 0 Å². The highest BCUT2D eigenvalue weighted by molar-refractivity contribution is 9.10. The van der Waals surface area contributed by atoms with Gasteiger partial charge in [-0.3, -0.25) is 9.88 Å². The number of esters is 1. The molecule has 3 atom stereocenters. The number of benzene rings is 1. The van der Waals surface area contributed by atoms with Gasteiger partial charge in [0.25, 0.3) is 0 Å². The molecule has 0 radical (unpaired) electrons. The fraction of sp³-hybridized carbons (Fsp3) is 0.417. The van der Waals surface area contributed by atoms with Gasteiger partial charge in [-0.1, -0.05) is 12.1 Å². The molecule has 31 heavy (non-hydrogen) atoms. The van der Waals surface area contributed by atoms with Crippen molar-refractivity contribution in [3.8, 4) is 0 Å². The zero-order valence-corrected chi connectivity index (χ0v) is 19.3. The standard InChI is InChI=1S/C24H26BrN3O3/c1-27-12-17-8-22-20(19-4-3-5-21(27)23(17)19)6-15(11-28(22)14-30-2)13-31-24(29)16-7-18(25)10-26-9-16/h3-5,7,9-10,12,15,20,22H,6,8,11,13-14H2,1-2H3/t15-,20?,22-/m1/s1. The third-order valence-electron chi connectivity index (χ3n) is 6.65. The van der Waals surface area contributed by atoms with E-state index in [4.69, 9.17) is 9.47 Å². The van der Waals surface area contributed by atoms with Gasteiger partial charge in [-0.2, -0.15) is 0 Å². The summed E-state index contributed by atoms with van der Waals surface area (Å²) in [6, 6.07) is 8.77. The lowest BCUT2D eigenvalue weighted by atomic mass is 9.72. The van der Waals surface area contributed by atoms with Gasteiger partial charge in [0.1, 0.15) is 0 Å². The monoisotopic (exact) mass is 483 g/mol. The lowest BCUT2D eigenvalue weighted by molar-refractivity contribution is -0.0264. The summed E-state index contributed by atoms with van der Waals surface area (Å²) in [5.41, 5.74) is 4.59. The van der Waals surface area contributed by atoms with Crippen LogP contribution >= 0.6 is 15.9 Å². The second-order valence-electron chi connectivity index (χ2n) is 8.67. The van der Waals surface area contributed by atoms with E-state index in [-0.39, 0.29) is 11.9 Å². The Hall–Kier alpha value is -2.22. The molecular weight excluding hydrogens is 458 g/mol. The van der Waals surface area contributed by atoms with Crippen LogP contribution in [0.5, 0.6) is 0 Å². The average Bonchev–Trinajstić information content (AvgIpc) is 3.09. The molecule has 1 aliphatic carbocycles. The Morgan fingerprint density at radius 2 is 2.19 bits per heavy atom. The van der Waals surface area contributed by atoms with E-state index in [0.29, 0.717) is 30.9 Å². The van der Waals surface area contributed by atoms with Crippen LogP contribution < -0.4 is 0 Å². The SMILES string of the molecule is COCN1C[C@H](COC(=O)c2cncc(Br)c2)CC2c3cccc4c3c(cn4C)C[C@H]21. The molecule has 0 spiro atoms. The number of rotatable bonds is 5. The Morgan fingerprint density at radius 1 is 1.32 bits per heavy atom. The maximum Gasteiger partial charge on any atom is 0.339 e. The van der Waals surface area contributed by atoms with Gasteiger partial charge >= 0.3 is 5.97 Å². The number of fused-ring (bicyclic) bond motifs is 2. The third kappa shape index (κ3) is 3.79. The maximum atomic E-state index is 12.5. The largest absolute Gasteiger partial charge is 0.462 e. The van der Waals surface area contributed by atoms with Gasteiger partial charge in [-0.05, 0) is 52.0 Å². The van der Waals surface area contributed by atoms with Gasteiger partial charge in [0.2, 0.25) is 0 Å². The minimum Gasteiger partial charge on any atom is -0.462 e. The second kappa shape index (κ2) is 8.37. The molecule has 0 N–H and O–H groups in total. The fourth-order valence-corrected chi connectivity index (χ4v) is 5.78. The number of hydrogen-bond donors (Lipinski definition) is 0. The lowest BCUT2D eigenvalue weighted by Gasteiger charge is -2.46. The van der Waals surface area contributed by atoms with Crippen LogP contribution in [0.15, 0.2) is 47.3 Å². The number of hydrogen-bond acceptors (Lipinski definition) is 5. The number of ether oxygens (including phenoxy) is 2. The molecule has 6 nitrogen and oxygen atoms in total. The topological polar surface area (TPSA) is 56.6 Å². The first kappa shape index (κ1) is 20.7. The van der Waals surface area contributed by atoms with Crippen molar-refractivity contribution in [1.82, 2.24) is 14.5 Å². The summed E-state index contributed by atoms with van der Waals surface area (Å²) < 4.78 is 14.3. The van der Waals surface area contributed by atoms with Gasteiger partial charge in [0, 0.05) is 72.5 Å². The highest BCUT2D eigenvalue weighted by atomic mass is 79.9. The Bertz CT molecular complexity index is 1130. The minimum absolute atomic E-state index is 0.251. The summed E-state index contributed by atoms with van der Waals surface area (Å²) in [4.78, 5) is 19.0. The highest BCUT2D eigenvalue weighted by Crippen LogP contribution is 2.45. The first-order chi connectivity index (χ1) is 15.0. The van der Waals surface area contributed by atoms with Crippen LogP contribution in [0, 0.1) is 5.92 Å². The molecule has 2 aliphatic rings. The molecule has 1 aromatic carbocycles. The number of likely N-dealkylation sites (tertiary alicyclic amines) is 1. The van der Waals surface area contributed by atoms with Crippen LogP contribution in [-0.4, -0.2) is 53.5 Å². The molecule has 3 heterocycles. The lowest BCUT2D eigenvalue weighted by Crippen LogP contribution is -2.51. The normalized spacial score (nSPS) is 23.0. The molecule has 5 rings (SSSR count). The number of carbonyl (C=O) groups is 1. The smallest absolute Gasteiger partial charge is 0.339 e. The predicted molar refractivity (Wildman–Crippen MR) is 122 cm³/mol. The first-order valence-corrected chi connectivity index (χ1v) is 11.4. The van der Waals surface area contributed by atoms with Crippen LogP contribution in [0.4, 0.5) is 0 Å². The third-order valence-corrected chi connectivity index (χ3v) is 7.09. The first-order valence-electron chi connectivity index (χ1n) is 10.6. The zero-order valence-electron chi connectivity index (χ0n) is 17.8. The van der Waals surface area contributed by atoms with E-state index in [0.717, 1.165) is 23.9 Å². The van der Waals surface area contributed by atoms with Gasteiger partial charge in [0.05, 0.1) is 18.9 Å². The molecule has 0 saturated carbocycles. The van der Waals surface area contributed by atoms with Crippen molar-refractivity contribution in [1.29, 1.82) is 0 Å². The maximum absolute atomic E-state index is 12.5. The average molecular weight is 484 g/mol. The van der Waals surface area contributed by atoms with E-state index >= 15 is 0 Å². The number of methoxy groups -OCH3 is 1. The molecular formula is C24H26BrN3O3. The molecule has 3 aromatic rings. The summed E-state index contributed by atoms with van der Waals surface area (Å²) in [6.07, 6.45) is 7.50. The summed E-state index contributed by atoms with van der Waals surface area (Å²) in [5.74, 6) is 0.324. The van der Waals surface area contributed by atoms with Crippen LogP contribution in [-0.2, 0) is 22.9 Å². The van der Waals surface area contributed by atoms with Crippen molar-refractivity contribution in [3.63, 3.8) is 0 Å². The molecule has 1 saturated heterocycles. The van der Waals surface area contributed by atoms with Crippen molar-refractivity contribution >= 4 is 32.8 Å². The number of piperidine rings is 1. The molecule has 2 aromatic heterocycles. The minimum atomic E-state index is -0.328. The van der Waals surface area contributed by atoms with Crippen molar-refractivity contribution in [2.45, 2.75) is 24.8 Å². The number of aromatic nitrogens is 2. The molecule has 162 valence electrons. The van der Waals surface area contributed by atoms with Crippen LogP contribution in [0.3, 0.4) is 0 Å². The summed E-state index contributed by atoms with van der Waals surface area (Å²) in [5, 5.41) is 1.40. The zero-order chi connectivity index (χ0) is 21.5. The Labute approximate surface area is 190 Å². The Morgan fingerprint density at radius 3 is 3.00 bits per heavy atom. The number of pyridine rings is 1. The van der Waals surface area contributed by atoms with Gasteiger partial charge in [-0.25, -0.2) is 4.79 Å². The summed E-state index contributed by atoms with van der Waals surface area (Å²) >= 11 is 3.36. The van der Waals surface area contributed by atoms with Crippen LogP contribution in [0.25, 0.3) is 10.9 Å². The van der Waals surface area contributed by atoms with Crippen molar-refractivity contribution in [3.05, 3.63) is 64.0 Å². The number of carbonyl (C=O) groups excluding carboxylic acids is 1. The Kier molecular flexibility index (Phi) is 5.58. The van der Waals surface area contributed by atoms with Crippen molar-refractivity contribution < 1.29 is 14.3 Å². The molecule has 7 heteroatoms. The van der Waals surface area contributed by atoms with E-state index in [1.165, 1.54) is 22.0 Å². The number of aryl methyl sites for hydroxylation is 1. The quantitative estimate of drug-likeness (QED) is 0.510. The van der Waals surface area contributed by atoms with E-state index < -0.39 is 0 Å². The van der Waals surface area contributed by atoms with Crippen molar-refractivity contribution in [2.75, 3.05) is 27.0 Å². The summed E-state index contributed by atoms with van der Waals surface area (Å²) in [6.45, 7) is 1.84. The molecule has 1 unspecified atom stereocenters.